The minimum absolute atomic E-state index is 0.125. The average Bonchev–Trinajstić information content (AvgIpc) is 3.23. The van der Waals surface area contributed by atoms with Crippen molar-refractivity contribution in [3.63, 3.8) is 0 Å². The van der Waals surface area contributed by atoms with Crippen LogP contribution in [-0.4, -0.2) is 65.1 Å². The number of hydrogen-bond acceptors (Lipinski definition) is 5. The molecular weight excluding hydrogens is 510 g/mol. The van der Waals surface area contributed by atoms with Crippen LogP contribution < -0.4 is 4.90 Å². The van der Waals surface area contributed by atoms with Crippen LogP contribution in [0.4, 0.5) is 14.6 Å². The third-order valence-electron chi connectivity index (χ3n) is 6.70. The van der Waals surface area contributed by atoms with Gasteiger partial charge >= 0.3 is 0 Å². The van der Waals surface area contributed by atoms with Gasteiger partial charge in [-0.15, -0.1) is 11.8 Å². The van der Waals surface area contributed by atoms with Crippen LogP contribution in [-0.2, 0) is 19.7 Å². The number of amides is 2. The molecule has 5 rings (SSSR count). The summed E-state index contributed by atoms with van der Waals surface area (Å²) in [5, 5.41) is 4.64. The molecule has 1 fully saturated rings. The minimum atomic E-state index is -0.429. The van der Waals surface area contributed by atoms with Gasteiger partial charge in [0.1, 0.15) is 24.0 Å². The van der Waals surface area contributed by atoms with Crippen molar-refractivity contribution >= 4 is 29.4 Å². The molecule has 0 saturated carbocycles. The number of nitrogens with zero attached hydrogens (tertiary/aromatic N) is 4. The number of fused-ring (bicyclic) bond motifs is 1. The average molecular weight is 541 g/mol. The lowest BCUT2D eigenvalue weighted by atomic mass is 9.87. The fraction of sp³-hybridized carbons (Fsp3) is 0.393. The third kappa shape index (κ3) is 5.19. The molecular formula is C28H30F2N4O3S. The molecule has 10 heteroatoms. The van der Waals surface area contributed by atoms with E-state index in [1.54, 1.807) is 33.8 Å². The third-order valence-corrected chi connectivity index (χ3v) is 7.96. The number of thioether (sulfide) groups is 1. The Bertz CT molecular complexity index is 1330. The molecule has 2 aliphatic rings. The summed E-state index contributed by atoms with van der Waals surface area (Å²) in [6.07, 6.45) is 0. The van der Waals surface area contributed by atoms with E-state index in [1.165, 1.54) is 40.9 Å². The highest BCUT2D eigenvalue weighted by molar-refractivity contribution is 8.00. The van der Waals surface area contributed by atoms with Crippen molar-refractivity contribution in [3.05, 3.63) is 77.0 Å². The predicted octanol–water partition coefficient (Wildman–Crippen LogP) is 4.48. The molecule has 0 aliphatic carbocycles. The second-order valence-electron chi connectivity index (χ2n) is 10.4. The van der Waals surface area contributed by atoms with Crippen LogP contribution >= 0.6 is 11.8 Å². The van der Waals surface area contributed by atoms with Gasteiger partial charge in [0.15, 0.2) is 0 Å². The molecule has 2 aliphatic heterocycles. The highest BCUT2D eigenvalue weighted by Gasteiger charge is 2.40. The van der Waals surface area contributed by atoms with E-state index in [4.69, 9.17) is 9.84 Å². The zero-order chi connectivity index (χ0) is 27.0. The van der Waals surface area contributed by atoms with Crippen LogP contribution in [0.2, 0.25) is 0 Å². The van der Waals surface area contributed by atoms with Gasteiger partial charge in [-0.05, 0) is 42.0 Å². The fourth-order valence-electron chi connectivity index (χ4n) is 4.78. The number of morpholine rings is 1. The lowest BCUT2D eigenvalue weighted by molar-refractivity contribution is -0.134. The van der Waals surface area contributed by atoms with Gasteiger partial charge in [-0.2, -0.15) is 5.10 Å². The molecule has 0 unspecified atom stereocenters. The van der Waals surface area contributed by atoms with E-state index in [0.29, 0.717) is 37.8 Å². The normalized spacial score (nSPS) is 18.3. The van der Waals surface area contributed by atoms with Crippen LogP contribution in [0.15, 0.2) is 48.5 Å². The Morgan fingerprint density at radius 2 is 1.63 bits per heavy atom. The summed E-state index contributed by atoms with van der Waals surface area (Å²) < 4.78 is 34.7. The number of halogens is 2. The quantitative estimate of drug-likeness (QED) is 0.488. The highest BCUT2D eigenvalue weighted by atomic mass is 32.2. The van der Waals surface area contributed by atoms with Gasteiger partial charge in [0.2, 0.25) is 11.8 Å². The van der Waals surface area contributed by atoms with Gasteiger partial charge in [0.05, 0.1) is 35.6 Å². The van der Waals surface area contributed by atoms with Gasteiger partial charge in [0, 0.05) is 24.1 Å². The summed E-state index contributed by atoms with van der Waals surface area (Å²) in [5.74, 6) is -0.543. The van der Waals surface area contributed by atoms with Gasteiger partial charge in [-0.25, -0.2) is 13.5 Å². The molecule has 200 valence electrons. The number of benzene rings is 2. The summed E-state index contributed by atoms with van der Waals surface area (Å²) in [7, 11) is 0. The van der Waals surface area contributed by atoms with E-state index in [9.17, 15) is 18.4 Å². The first-order chi connectivity index (χ1) is 18.1. The fourth-order valence-corrected chi connectivity index (χ4v) is 5.98. The van der Waals surface area contributed by atoms with Crippen LogP contribution in [0, 0.1) is 11.6 Å². The van der Waals surface area contributed by atoms with Gasteiger partial charge < -0.3 is 9.64 Å². The van der Waals surface area contributed by atoms with Crippen LogP contribution in [0.1, 0.15) is 42.8 Å². The van der Waals surface area contributed by atoms with Crippen molar-refractivity contribution in [1.29, 1.82) is 0 Å². The molecule has 3 aromatic rings. The Kier molecular flexibility index (Phi) is 7.28. The standard InChI is InChI=1S/C28H30F2N4O3S/c1-28(2,3)26-24-25(18-4-6-19(29)7-5-18)38-17-23(36)33(16-22(35)32-12-14-37-15-13-32)27(24)34(31-26)21-10-8-20(30)9-11-21/h4-11,25H,12-17H2,1-3H3/t25-/m0/s1. The summed E-state index contributed by atoms with van der Waals surface area (Å²) in [6.45, 7) is 7.78. The van der Waals surface area contributed by atoms with E-state index < -0.39 is 11.2 Å². The molecule has 7 nitrogen and oxygen atoms in total. The van der Waals surface area contributed by atoms with E-state index in [1.807, 2.05) is 20.8 Å². The first-order valence-electron chi connectivity index (χ1n) is 12.6. The molecule has 2 aromatic carbocycles. The lowest BCUT2D eigenvalue weighted by Gasteiger charge is -2.30. The number of rotatable bonds is 4. The molecule has 1 atom stereocenters. The second kappa shape index (κ2) is 10.5. The Morgan fingerprint density at radius 1 is 1.03 bits per heavy atom. The molecule has 1 saturated heterocycles. The van der Waals surface area contributed by atoms with Crippen LogP contribution in [0.25, 0.3) is 5.69 Å². The van der Waals surface area contributed by atoms with Crippen LogP contribution in [0.5, 0.6) is 0 Å². The van der Waals surface area contributed by atoms with Crippen molar-refractivity contribution in [1.82, 2.24) is 14.7 Å². The van der Waals surface area contributed by atoms with E-state index in [2.05, 4.69) is 0 Å². The van der Waals surface area contributed by atoms with Crippen molar-refractivity contribution in [2.24, 2.45) is 0 Å². The topological polar surface area (TPSA) is 67.7 Å². The van der Waals surface area contributed by atoms with Crippen molar-refractivity contribution < 1.29 is 23.1 Å². The molecule has 0 bridgehead atoms. The Labute approximate surface area is 224 Å². The summed E-state index contributed by atoms with van der Waals surface area (Å²) in [5.41, 5.74) is 2.51. The number of hydrogen-bond donors (Lipinski definition) is 0. The van der Waals surface area contributed by atoms with E-state index in [-0.39, 0.29) is 35.2 Å². The van der Waals surface area contributed by atoms with Crippen molar-refractivity contribution in [2.75, 3.05) is 43.5 Å². The minimum Gasteiger partial charge on any atom is -0.378 e. The predicted molar refractivity (Wildman–Crippen MR) is 143 cm³/mol. The molecule has 0 N–H and O–H groups in total. The molecule has 38 heavy (non-hydrogen) atoms. The zero-order valence-electron chi connectivity index (χ0n) is 21.6. The first-order valence-corrected chi connectivity index (χ1v) is 13.6. The maximum atomic E-state index is 13.8. The molecule has 3 heterocycles. The van der Waals surface area contributed by atoms with Crippen molar-refractivity contribution in [3.8, 4) is 5.69 Å². The SMILES string of the molecule is CC(C)(C)c1nn(-c2ccc(F)cc2)c2c1[C@H](c1ccc(F)cc1)SCC(=O)N2CC(=O)N1CCOCC1. The second-order valence-corrected chi connectivity index (χ2v) is 11.5. The molecule has 1 aromatic heterocycles. The maximum absolute atomic E-state index is 13.8. The molecule has 2 amide bonds. The monoisotopic (exact) mass is 540 g/mol. The smallest absolute Gasteiger partial charge is 0.242 e. The number of ether oxygens (including phenoxy) is 1. The zero-order valence-corrected chi connectivity index (χ0v) is 22.4. The summed E-state index contributed by atoms with van der Waals surface area (Å²) in [6, 6.07) is 12.1. The van der Waals surface area contributed by atoms with Gasteiger partial charge in [0.25, 0.3) is 0 Å². The Morgan fingerprint density at radius 3 is 2.24 bits per heavy atom. The van der Waals surface area contributed by atoms with Crippen molar-refractivity contribution in [2.45, 2.75) is 31.4 Å². The summed E-state index contributed by atoms with van der Waals surface area (Å²) in [4.78, 5) is 30.3. The molecule has 0 radical (unpaired) electrons. The number of carbonyl (C=O) groups excluding carboxylic acids is 2. The Hall–Kier alpha value is -3.24. The lowest BCUT2D eigenvalue weighted by Crippen LogP contribution is -2.48. The molecule has 0 spiro atoms. The largest absolute Gasteiger partial charge is 0.378 e. The van der Waals surface area contributed by atoms with Gasteiger partial charge in [-0.3, -0.25) is 14.5 Å². The number of carbonyl (C=O) groups is 2. The van der Waals surface area contributed by atoms with E-state index in [0.717, 1.165) is 16.8 Å². The summed E-state index contributed by atoms with van der Waals surface area (Å²) >= 11 is 1.43. The highest BCUT2D eigenvalue weighted by Crippen LogP contribution is 2.48. The maximum Gasteiger partial charge on any atom is 0.242 e. The first kappa shape index (κ1) is 26.4. The van der Waals surface area contributed by atoms with Gasteiger partial charge in [-0.1, -0.05) is 32.9 Å². The van der Waals surface area contributed by atoms with Crippen LogP contribution in [0.3, 0.4) is 0 Å². The number of aromatic nitrogens is 2. The Balaban J connectivity index is 1.72. The van der Waals surface area contributed by atoms with E-state index >= 15 is 0 Å². The number of anilines is 1.